The summed E-state index contributed by atoms with van der Waals surface area (Å²) in [5.74, 6) is -0.408. The van der Waals surface area contributed by atoms with Crippen molar-refractivity contribution >= 4 is 15.9 Å². The molecule has 0 aliphatic heterocycles. The molecule has 4 heteroatoms. The van der Waals surface area contributed by atoms with Gasteiger partial charge in [0.2, 0.25) is 0 Å². The Labute approximate surface area is 83.7 Å². The van der Waals surface area contributed by atoms with Crippen molar-refractivity contribution < 1.29 is 9.50 Å². The Balaban J connectivity index is 3.00. The predicted molar refractivity (Wildman–Crippen MR) is 49.7 cm³/mol. The number of rotatable bonds is 2. The second-order valence-corrected chi connectivity index (χ2v) is 3.41. The van der Waals surface area contributed by atoms with Gasteiger partial charge in [0.25, 0.3) is 0 Å². The summed E-state index contributed by atoms with van der Waals surface area (Å²) in [5.41, 5.74) is 0.452. The lowest BCUT2D eigenvalue weighted by Gasteiger charge is -2.04. The molecule has 0 fully saturated rings. The van der Waals surface area contributed by atoms with E-state index in [1.165, 1.54) is 12.1 Å². The number of hydrogen-bond donors (Lipinski definition) is 1. The van der Waals surface area contributed by atoms with E-state index in [0.29, 0.717) is 16.5 Å². The lowest BCUT2D eigenvalue weighted by molar-refractivity contribution is 0.462. The Hall–Kier alpha value is -1.08. The van der Waals surface area contributed by atoms with Crippen LogP contribution >= 0.6 is 15.9 Å². The van der Waals surface area contributed by atoms with Crippen LogP contribution in [0.4, 0.5) is 4.39 Å². The van der Waals surface area contributed by atoms with Crippen molar-refractivity contribution in [2.24, 2.45) is 0 Å². The van der Waals surface area contributed by atoms with Crippen LogP contribution in [-0.4, -0.2) is 5.11 Å². The van der Waals surface area contributed by atoms with Gasteiger partial charge in [0.1, 0.15) is 11.6 Å². The van der Waals surface area contributed by atoms with Crippen molar-refractivity contribution in [3.8, 4) is 11.8 Å². The first-order valence-corrected chi connectivity index (χ1v) is 4.48. The van der Waals surface area contributed by atoms with Gasteiger partial charge in [0.15, 0.2) is 0 Å². The van der Waals surface area contributed by atoms with Gasteiger partial charge in [-0.3, -0.25) is 0 Å². The summed E-state index contributed by atoms with van der Waals surface area (Å²) in [5, 5.41) is 17.7. The van der Waals surface area contributed by atoms with Crippen LogP contribution in [0.25, 0.3) is 0 Å². The Kier molecular flexibility index (Phi) is 3.26. The van der Waals surface area contributed by atoms with Crippen LogP contribution in [0, 0.1) is 17.1 Å². The number of hydrogen-bond acceptors (Lipinski definition) is 2. The molecule has 0 aromatic heterocycles. The fourth-order valence-corrected chi connectivity index (χ4v) is 1.47. The molecule has 1 rings (SSSR count). The summed E-state index contributed by atoms with van der Waals surface area (Å²) in [7, 11) is 0. The molecule has 0 heterocycles. The van der Waals surface area contributed by atoms with Crippen molar-refractivity contribution in [3.05, 3.63) is 28.0 Å². The van der Waals surface area contributed by atoms with Gasteiger partial charge in [0, 0.05) is 6.42 Å². The Morgan fingerprint density at radius 3 is 2.85 bits per heavy atom. The zero-order valence-corrected chi connectivity index (χ0v) is 8.31. The van der Waals surface area contributed by atoms with E-state index in [9.17, 15) is 9.50 Å². The number of phenols is 1. The van der Waals surface area contributed by atoms with Crippen LogP contribution < -0.4 is 0 Å². The van der Waals surface area contributed by atoms with E-state index >= 15 is 0 Å². The van der Waals surface area contributed by atoms with Crippen molar-refractivity contribution in [3.63, 3.8) is 0 Å². The van der Waals surface area contributed by atoms with Crippen LogP contribution in [0.3, 0.4) is 0 Å². The monoisotopic (exact) mass is 243 g/mol. The highest BCUT2D eigenvalue weighted by atomic mass is 79.9. The standard InChI is InChI=1S/C9H7BrFNO/c10-8-5-7(11)4-6(9(8)13)2-1-3-12/h4-5,13H,1-2H2. The highest BCUT2D eigenvalue weighted by molar-refractivity contribution is 9.10. The minimum Gasteiger partial charge on any atom is -0.506 e. The molecule has 0 saturated carbocycles. The Morgan fingerprint density at radius 2 is 2.23 bits per heavy atom. The van der Waals surface area contributed by atoms with Gasteiger partial charge in [-0.15, -0.1) is 0 Å². The van der Waals surface area contributed by atoms with Crippen molar-refractivity contribution in [1.82, 2.24) is 0 Å². The third-order valence-electron chi connectivity index (χ3n) is 1.61. The molecule has 0 bridgehead atoms. The summed E-state index contributed by atoms with van der Waals surface area (Å²) < 4.78 is 13.1. The Bertz CT molecular complexity index is 359. The minimum atomic E-state index is -0.419. The topological polar surface area (TPSA) is 44.0 Å². The number of halogens is 2. The second kappa shape index (κ2) is 4.24. The van der Waals surface area contributed by atoms with Crippen molar-refractivity contribution in [2.75, 3.05) is 0 Å². The number of phenolic OH excluding ortho intramolecular Hbond substituents is 1. The first-order chi connectivity index (χ1) is 6.15. The average Bonchev–Trinajstić information content (AvgIpc) is 2.09. The van der Waals surface area contributed by atoms with Gasteiger partial charge in [-0.05, 0) is 40.0 Å². The molecule has 1 aromatic carbocycles. The zero-order valence-electron chi connectivity index (χ0n) is 6.72. The quantitative estimate of drug-likeness (QED) is 0.869. The van der Waals surface area contributed by atoms with Gasteiger partial charge in [-0.1, -0.05) is 0 Å². The highest BCUT2D eigenvalue weighted by Crippen LogP contribution is 2.29. The van der Waals surface area contributed by atoms with Gasteiger partial charge >= 0.3 is 0 Å². The first-order valence-electron chi connectivity index (χ1n) is 3.69. The number of aryl methyl sites for hydroxylation is 1. The molecule has 0 amide bonds. The molecule has 0 unspecified atom stereocenters. The molecule has 1 aromatic rings. The van der Waals surface area contributed by atoms with E-state index in [2.05, 4.69) is 15.9 Å². The first kappa shape index (κ1) is 10.0. The maximum absolute atomic E-state index is 12.8. The van der Waals surface area contributed by atoms with Gasteiger partial charge in [0.05, 0.1) is 10.5 Å². The normalized spacial score (nSPS) is 9.62. The van der Waals surface area contributed by atoms with Crippen molar-refractivity contribution in [2.45, 2.75) is 12.8 Å². The van der Waals surface area contributed by atoms with Crippen LogP contribution in [-0.2, 0) is 6.42 Å². The second-order valence-electron chi connectivity index (χ2n) is 2.55. The molecular formula is C9H7BrFNO. The van der Waals surface area contributed by atoms with Crippen LogP contribution in [0.15, 0.2) is 16.6 Å². The molecule has 0 aliphatic rings. The minimum absolute atomic E-state index is 0.0108. The third kappa shape index (κ3) is 2.43. The number of nitriles is 1. The van der Waals surface area contributed by atoms with E-state index in [4.69, 9.17) is 5.26 Å². The summed E-state index contributed by atoms with van der Waals surface area (Å²) >= 11 is 3.02. The maximum atomic E-state index is 12.8. The molecule has 0 aliphatic carbocycles. The maximum Gasteiger partial charge on any atom is 0.133 e. The summed E-state index contributed by atoms with van der Waals surface area (Å²) in [6, 6.07) is 4.35. The molecule has 2 nitrogen and oxygen atoms in total. The molecule has 0 radical (unpaired) electrons. The molecule has 13 heavy (non-hydrogen) atoms. The van der Waals surface area contributed by atoms with Crippen LogP contribution in [0.1, 0.15) is 12.0 Å². The fourth-order valence-electron chi connectivity index (χ4n) is 1.00. The SMILES string of the molecule is N#CCCc1cc(F)cc(Br)c1O. The highest BCUT2D eigenvalue weighted by Gasteiger charge is 2.07. The van der Waals surface area contributed by atoms with E-state index in [-0.39, 0.29) is 12.2 Å². The zero-order chi connectivity index (χ0) is 9.84. The smallest absolute Gasteiger partial charge is 0.133 e. The van der Waals surface area contributed by atoms with E-state index in [1.54, 1.807) is 0 Å². The van der Waals surface area contributed by atoms with Gasteiger partial charge in [-0.2, -0.15) is 5.26 Å². The van der Waals surface area contributed by atoms with E-state index < -0.39 is 5.82 Å². The lowest BCUT2D eigenvalue weighted by atomic mass is 10.1. The summed E-state index contributed by atoms with van der Waals surface area (Å²) in [4.78, 5) is 0. The van der Waals surface area contributed by atoms with Gasteiger partial charge in [-0.25, -0.2) is 4.39 Å². The van der Waals surface area contributed by atoms with Crippen molar-refractivity contribution in [1.29, 1.82) is 5.26 Å². The molecule has 0 spiro atoms. The molecular weight excluding hydrogens is 237 g/mol. The fraction of sp³-hybridized carbons (Fsp3) is 0.222. The molecule has 68 valence electrons. The van der Waals surface area contributed by atoms with Gasteiger partial charge < -0.3 is 5.11 Å². The predicted octanol–water partition coefficient (Wildman–Crippen LogP) is 2.75. The van der Waals surface area contributed by atoms with Crippen LogP contribution in [0.5, 0.6) is 5.75 Å². The molecule has 0 atom stereocenters. The number of nitrogens with zero attached hydrogens (tertiary/aromatic N) is 1. The van der Waals surface area contributed by atoms with E-state index in [1.807, 2.05) is 6.07 Å². The third-order valence-corrected chi connectivity index (χ3v) is 2.22. The van der Waals surface area contributed by atoms with E-state index in [0.717, 1.165) is 0 Å². The summed E-state index contributed by atoms with van der Waals surface area (Å²) in [6.45, 7) is 0. The average molecular weight is 244 g/mol. The number of aromatic hydroxyl groups is 1. The van der Waals surface area contributed by atoms with Crippen LogP contribution in [0.2, 0.25) is 0 Å². The number of benzene rings is 1. The largest absolute Gasteiger partial charge is 0.506 e. The molecule has 0 saturated heterocycles. The lowest BCUT2D eigenvalue weighted by Crippen LogP contribution is -1.88. The Morgan fingerprint density at radius 1 is 1.54 bits per heavy atom. The molecule has 1 N–H and O–H groups in total. The summed E-state index contributed by atoms with van der Waals surface area (Å²) in [6.07, 6.45) is 0.627.